The minimum absolute atomic E-state index is 0.0810. The fraction of sp³-hybridized carbons (Fsp3) is 0.227. The number of nitrogens with zero attached hydrogens (tertiary/aromatic N) is 2. The molecule has 0 radical (unpaired) electrons. The smallest absolute Gasteiger partial charge is 0.410 e. The highest BCUT2D eigenvalue weighted by atomic mass is 16.5. The molecule has 1 heterocycles. The summed E-state index contributed by atoms with van der Waals surface area (Å²) >= 11 is 0. The number of methoxy groups -OCH3 is 1. The van der Waals surface area contributed by atoms with Crippen LogP contribution in [0.3, 0.4) is 0 Å². The van der Waals surface area contributed by atoms with Crippen molar-refractivity contribution in [1.29, 1.82) is 0 Å². The van der Waals surface area contributed by atoms with Crippen LogP contribution < -0.4 is 4.74 Å². The molecule has 0 bridgehead atoms. The number of aromatic nitrogens is 1. The van der Waals surface area contributed by atoms with Crippen LogP contribution in [0.1, 0.15) is 16.8 Å². The minimum Gasteiger partial charge on any atom is -0.487 e. The van der Waals surface area contributed by atoms with Crippen LogP contribution in [0.4, 0.5) is 4.79 Å². The van der Waals surface area contributed by atoms with E-state index in [1.54, 1.807) is 30.5 Å². The van der Waals surface area contributed by atoms with E-state index in [2.05, 4.69) is 9.72 Å². The van der Waals surface area contributed by atoms with Crippen molar-refractivity contribution < 1.29 is 28.6 Å². The summed E-state index contributed by atoms with van der Waals surface area (Å²) in [6.07, 6.45) is 0.836. The molecular formula is C22H22N2O6. The third-order valence-corrected chi connectivity index (χ3v) is 4.23. The maximum atomic E-state index is 11.8. The van der Waals surface area contributed by atoms with Crippen LogP contribution in [0.25, 0.3) is 11.5 Å². The summed E-state index contributed by atoms with van der Waals surface area (Å²) in [7, 11) is 1.21. The number of hydrogen-bond acceptors (Lipinski definition) is 6. The second-order valence-electron chi connectivity index (χ2n) is 6.67. The monoisotopic (exact) mass is 410 g/mol. The number of oxazole rings is 1. The topological polar surface area (TPSA) is 102 Å². The Labute approximate surface area is 173 Å². The Morgan fingerprint density at radius 2 is 1.97 bits per heavy atom. The van der Waals surface area contributed by atoms with Crippen LogP contribution in [0, 0.1) is 6.92 Å². The number of benzene rings is 2. The molecule has 2 aromatic carbocycles. The Bertz CT molecular complexity index is 1030. The number of carbonyl (C=O) groups excluding carboxylic acids is 1. The lowest BCUT2D eigenvalue weighted by molar-refractivity contribution is -0.138. The number of aliphatic carboxylic acids is 1. The zero-order chi connectivity index (χ0) is 21.5. The Morgan fingerprint density at radius 3 is 2.70 bits per heavy atom. The predicted molar refractivity (Wildman–Crippen MR) is 108 cm³/mol. The predicted octanol–water partition coefficient (Wildman–Crippen LogP) is 3.88. The Balaban J connectivity index is 1.64. The highest BCUT2D eigenvalue weighted by Crippen LogP contribution is 2.21. The summed E-state index contributed by atoms with van der Waals surface area (Å²) in [5.74, 6) is -0.0376. The summed E-state index contributed by atoms with van der Waals surface area (Å²) in [5.41, 5.74) is 3.35. The van der Waals surface area contributed by atoms with Gasteiger partial charge < -0.3 is 19.0 Å². The van der Waals surface area contributed by atoms with Gasteiger partial charge in [0.1, 0.15) is 30.9 Å². The molecule has 1 aromatic heterocycles. The minimum atomic E-state index is -1.12. The molecule has 1 amide bonds. The molecule has 0 aliphatic carbocycles. The van der Waals surface area contributed by atoms with E-state index in [1.165, 1.54) is 7.11 Å². The first-order valence-electron chi connectivity index (χ1n) is 9.22. The molecule has 156 valence electrons. The summed E-state index contributed by atoms with van der Waals surface area (Å²) in [5, 5.41) is 8.98. The molecule has 0 aliphatic rings. The van der Waals surface area contributed by atoms with Gasteiger partial charge in [0.15, 0.2) is 0 Å². The van der Waals surface area contributed by atoms with Crippen molar-refractivity contribution in [2.24, 2.45) is 0 Å². The van der Waals surface area contributed by atoms with Gasteiger partial charge in [-0.1, -0.05) is 29.8 Å². The Hall–Kier alpha value is -3.81. The van der Waals surface area contributed by atoms with Crippen molar-refractivity contribution in [2.75, 3.05) is 13.7 Å². The van der Waals surface area contributed by atoms with Gasteiger partial charge in [-0.3, -0.25) is 9.69 Å². The van der Waals surface area contributed by atoms with E-state index in [-0.39, 0.29) is 13.2 Å². The van der Waals surface area contributed by atoms with E-state index in [0.717, 1.165) is 16.0 Å². The van der Waals surface area contributed by atoms with Gasteiger partial charge in [-0.15, -0.1) is 0 Å². The standard InChI is InChI=1S/C22H22N2O6/c1-15-5-3-7-17(9-15)21-23-18(14-30-21)13-29-19-8-4-6-16(10-19)11-24(12-20(25)26)22(27)28-2/h3-10,14H,11-13H2,1-2H3,(H,25,26). The average Bonchev–Trinajstić information content (AvgIpc) is 3.20. The third kappa shape index (κ3) is 5.60. The van der Waals surface area contributed by atoms with E-state index in [4.69, 9.17) is 14.3 Å². The van der Waals surface area contributed by atoms with E-state index in [0.29, 0.717) is 22.9 Å². The molecule has 0 saturated carbocycles. The maximum absolute atomic E-state index is 11.8. The SMILES string of the molecule is COC(=O)N(CC(=O)O)Cc1cccc(OCc2coc(-c3cccc(C)c3)n2)c1. The molecule has 0 aliphatic heterocycles. The maximum Gasteiger partial charge on any atom is 0.410 e. The van der Waals surface area contributed by atoms with E-state index in [1.807, 2.05) is 31.2 Å². The highest BCUT2D eigenvalue weighted by Gasteiger charge is 2.18. The lowest BCUT2D eigenvalue weighted by Crippen LogP contribution is -2.35. The number of carboxylic acids is 1. The largest absolute Gasteiger partial charge is 0.487 e. The van der Waals surface area contributed by atoms with Crippen molar-refractivity contribution >= 4 is 12.1 Å². The quantitative estimate of drug-likeness (QED) is 0.601. The first-order chi connectivity index (χ1) is 14.4. The number of carboxylic acid groups (broad SMARTS) is 1. The molecule has 1 N–H and O–H groups in total. The molecule has 0 unspecified atom stereocenters. The molecular weight excluding hydrogens is 388 g/mol. The van der Waals surface area contributed by atoms with Crippen molar-refractivity contribution in [3.05, 3.63) is 71.6 Å². The van der Waals surface area contributed by atoms with Crippen LogP contribution in [0.5, 0.6) is 5.75 Å². The Kier molecular flexibility index (Phi) is 6.69. The van der Waals surface area contributed by atoms with E-state index < -0.39 is 18.6 Å². The molecule has 8 nitrogen and oxygen atoms in total. The fourth-order valence-electron chi connectivity index (χ4n) is 2.87. The molecule has 8 heteroatoms. The van der Waals surface area contributed by atoms with Gasteiger partial charge in [-0.05, 0) is 36.8 Å². The van der Waals surface area contributed by atoms with Crippen LogP contribution in [-0.2, 0) is 22.7 Å². The third-order valence-electron chi connectivity index (χ3n) is 4.23. The van der Waals surface area contributed by atoms with Gasteiger partial charge in [0.05, 0.1) is 7.11 Å². The van der Waals surface area contributed by atoms with Crippen molar-refractivity contribution in [3.8, 4) is 17.2 Å². The lowest BCUT2D eigenvalue weighted by atomic mass is 10.1. The zero-order valence-corrected chi connectivity index (χ0v) is 16.7. The van der Waals surface area contributed by atoms with Gasteiger partial charge in [-0.25, -0.2) is 9.78 Å². The van der Waals surface area contributed by atoms with Gasteiger partial charge in [0, 0.05) is 12.1 Å². The number of amides is 1. The summed E-state index contributed by atoms with van der Waals surface area (Å²) in [6, 6.07) is 14.9. The number of aryl methyl sites for hydroxylation is 1. The Morgan fingerprint density at radius 1 is 1.17 bits per heavy atom. The number of hydrogen-bond donors (Lipinski definition) is 1. The first-order valence-corrected chi connectivity index (χ1v) is 9.22. The molecule has 0 atom stereocenters. The van der Waals surface area contributed by atoms with Gasteiger partial charge in [0.25, 0.3) is 0 Å². The highest BCUT2D eigenvalue weighted by molar-refractivity contribution is 5.76. The second-order valence-corrected chi connectivity index (χ2v) is 6.67. The van der Waals surface area contributed by atoms with Gasteiger partial charge >= 0.3 is 12.1 Å². The summed E-state index contributed by atoms with van der Waals surface area (Å²) in [4.78, 5) is 28.3. The number of rotatable bonds is 8. The first kappa shape index (κ1) is 20.9. The van der Waals surface area contributed by atoms with Crippen molar-refractivity contribution in [1.82, 2.24) is 9.88 Å². The molecule has 0 spiro atoms. The molecule has 0 saturated heterocycles. The van der Waals surface area contributed by atoms with E-state index in [9.17, 15) is 9.59 Å². The summed E-state index contributed by atoms with van der Waals surface area (Å²) in [6.45, 7) is 1.83. The van der Waals surface area contributed by atoms with Crippen molar-refractivity contribution in [3.63, 3.8) is 0 Å². The zero-order valence-electron chi connectivity index (χ0n) is 16.7. The molecule has 0 fully saturated rings. The molecule has 3 rings (SSSR count). The van der Waals surface area contributed by atoms with Crippen molar-refractivity contribution in [2.45, 2.75) is 20.1 Å². The average molecular weight is 410 g/mol. The van der Waals surface area contributed by atoms with Crippen LogP contribution in [-0.4, -0.2) is 40.7 Å². The molecule has 30 heavy (non-hydrogen) atoms. The van der Waals surface area contributed by atoms with E-state index >= 15 is 0 Å². The fourth-order valence-corrected chi connectivity index (χ4v) is 2.87. The number of carbonyl (C=O) groups is 2. The molecule has 3 aromatic rings. The second kappa shape index (κ2) is 9.60. The van der Waals surface area contributed by atoms with Crippen LogP contribution >= 0.6 is 0 Å². The normalized spacial score (nSPS) is 10.5. The van der Waals surface area contributed by atoms with Crippen LogP contribution in [0.2, 0.25) is 0 Å². The summed E-state index contributed by atoms with van der Waals surface area (Å²) < 4.78 is 16.0. The van der Waals surface area contributed by atoms with Gasteiger partial charge in [0.2, 0.25) is 5.89 Å². The van der Waals surface area contributed by atoms with Crippen LogP contribution in [0.15, 0.2) is 59.2 Å². The number of ether oxygens (including phenoxy) is 2. The van der Waals surface area contributed by atoms with Gasteiger partial charge in [-0.2, -0.15) is 0 Å². The lowest BCUT2D eigenvalue weighted by Gasteiger charge is -2.19.